The third-order valence-corrected chi connectivity index (χ3v) is 8.68. The minimum absolute atomic E-state index is 0.0938. The third-order valence-electron chi connectivity index (χ3n) is 8.68. The van der Waals surface area contributed by atoms with E-state index in [1.165, 1.54) is 4.90 Å². The standard InChI is InChI=1S/C29H37N5O6/c1-4-7-18-39-27(38)23-22-25(36)33(16-10-17-35)24(29(22)14-13-28(23,6-3)40-29)26(37)32(15-5-2)19-34-21-12-9-8-11-20(21)30-31-34/h4-5,8-9,11-12,22-24,35H,1-2,6-7,10,13-19H2,3H3/t22-,23+,24?,28-,29?/m0/s1. The van der Waals surface area contributed by atoms with E-state index in [1.807, 2.05) is 31.2 Å². The summed E-state index contributed by atoms with van der Waals surface area (Å²) in [6.07, 6.45) is 5.61. The van der Waals surface area contributed by atoms with E-state index < -0.39 is 35.0 Å². The fraction of sp³-hybridized carbons (Fsp3) is 0.552. The summed E-state index contributed by atoms with van der Waals surface area (Å²) in [5.41, 5.74) is -0.581. The number of hydrogen-bond donors (Lipinski definition) is 1. The molecule has 2 amide bonds. The molecule has 3 aliphatic rings. The molecule has 11 nitrogen and oxygen atoms in total. The van der Waals surface area contributed by atoms with Gasteiger partial charge in [-0.15, -0.1) is 18.3 Å². The molecule has 3 aliphatic heterocycles. The first-order chi connectivity index (χ1) is 19.4. The maximum Gasteiger partial charge on any atom is 0.312 e. The van der Waals surface area contributed by atoms with Crippen molar-refractivity contribution < 1.29 is 29.0 Å². The number of aromatic nitrogens is 3. The first-order valence-electron chi connectivity index (χ1n) is 13.9. The summed E-state index contributed by atoms with van der Waals surface area (Å²) in [5.74, 6) is -2.76. The number of carbonyl (C=O) groups excluding carboxylic acids is 3. The summed E-state index contributed by atoms with van der Waals surface area (Å²) in [6.45, 7) is 9.94. The summed E-state index contributed by atoms with van der Waals surface area (Å²) in [6, 6.07) is 6.50. The van der Waals surface area contributed by atoms with Crippen LogP contribution in [0.4, 0.5) is 0 Å². The second-order valence-electron chi connectivity index (χ2n) is 10.8. The Morgan fingerprint density at radius 3 is 2.80 bits per heavy atom. The summed E-state index contributed by atoms with van der Waals surface area (Å²) in [5, 5.41) is 18.0. The van der Waals surface area contributed by atoms with Crippen LogP contribution < -0.4 is 0 Å². The van der Waals surface area contributed by atoms with Gasteiger partial charge in [0.1, 0.15) is 29.7 Å². The molecule has 2 aromatic rings. The van der Waals surface area contributed by atoms with Crippen LogP contribution in [0, 0.1) is 11.8 Å². The molecule has 5 atom stereocenters. The van der Waals surface area contributed by atoms with E-state index in [1.54, 1.807) is 21.7 Å². The molecular weight excluding hydrogens is 514 g/mol. The van der Waals surface area contributed by atoms with Crippen LogP contribution >= 0.6 is 0 Å². The van der Waals surface area contributed by atoms with Crippen LogP contribution in [0.15, 0.2) is 49.6 Å². The van der Waals surface area contributed by atoms with E-state index in [0.717, 1.165) is 5.52 Å². The highest BCUT2D eigenvalue weighted by Crippen LogP contribution is 2.64. The smallest absolute Gasteiger partial charge is 0.312 e. The fourth-order valence-electron chi connectivity index (χ4n) is 6.90. The van der Waals surface area contributed by atoms with E-state index in [-0.39, 0.29) is 44.8 Å². The van der Waals surface area contributed by atoms with Crippen molar-refractivity contribution in [1.29, 1.82) is 0 Å². The highest BCUT2D eigenvalue weighted by Gasteiger charge is 2.79. The summed E-state index contributed by atoms with van der Waals surface area (Å²) < 4.78 is 14.0. The number of para-hydroxylation sites is 1. The SMILES string of the molecule is C=CCCOC(=O)[C@H]1[C@H]2C(=O)N(CCCO)C(C(=O)N(CC=C)Cn3nnc4ccccc43)C23CC[C@]1(CC)O3. The largest absolute Gasteiger partial charge is 0.465 e. The van der Waals surface area contributed by atoms with Gasteiger partial charge in [0.2, 0.25) is 11.8 Å². The molecule has 1 spiro atoms. The zero-order valence-corrected chi connectivity index (χ0v) is 22.9. The molecular formula is C29H37N5O6. The maximum atomic E-state index is 14.5. The van der Waals surface area contributed by atoms with Crippen molar-refractivity contribution in [3.8, 4) is 0 Å². The van der Waals surface area contributed by atoms with Gasteiger partial charge in [-0.05, 0) is 44.2 Å². The first kappa shape index (κ1) is 28.0. The molecule has 0 radical (unpaired) electrons. The van der Waals surface area contributed by atoms with E-state index in [4.69, 9.17) is 9.47 Å². The van der Waals surface area contributed by atoms with E-state index in [0.29, 0.717) is 37.6 Å². The molecule has 11 heteroatoms. The Kier molecular flexibility index (Phi) is 7.78. The number of rotatable bonds is 13. The number of ether oxygens (including phenoxy) is 2. The van der Waals surface area contributed by atoms with Gasteiger partial charge in [-0.3, -0.25) is 14.4 Å². The van der Waals surface area contributed by atoms with Crippen molar-refractivity contribution in [2.75, 3.05) is 26.3 Å². The van der Waals surface area contributed by atoms with Crippen LogP contribution in [0.5, 0.6) is 0 Å². The average Bonchev–Trinajstić information content (AvgIpc) is 3.68. The fourth-order valence-corrected chi connectivity index (χ4v) is 6.90. The van der Waals surface area contributed by atoms with Crippen molar-refractivity contribution in [3.63, 3.8) is 0 Å². The highest BCUT2D eigenvalue weighted by atomic mass is 16.6. The van der Waals surface area contributed by atoms with Gasteiger partial charge in [0.05, 0.1) is 23.6 Å². The number of hydrogen-bond acceptors (Lipinski definition) is 8. The van der Waals surface area contributed by atoms with Gasteiger partial charge in [0.25, 0.3) is 0 Å². The topological polar surface area (TPSA) is 127 Å². The number of amides is 2. The second-order valence-corrected chi connectivity index (χ2v) is 10.8. The van der Waals surface area contributed by atoms with Crippen LogP contribution in [-0.4, -0.2) is 91.2 Å². The van der Waals surface area contributed by atoms with Gasteiger partial charge >= 0.3 is 5.97 Å². The molecule has 0 saturated carbocycles. The number of likely N-dealkylation sites (tertiary alicyclic amines) is 1. The number of fused-ring (bicyclic) bond motifs is 2. The molecule has 1 N–H and O–H groups in total. The zero-order chi connectivity index (χ0) is 28.5. The van der Waals surface area contributed by atoms with Crippen LogP contribution in [-0.2, 0) is 30.5 Å². The van der Waals surface area contributed by atoms with Crippen LogP contribution in [0.2, 0.25) is 0 Å². The summed E-state index contributed by atoms with van der Waals surface area (Å²) in [4.78, 5) is 45.1. The maximum absolute atomic E-state index is 14.5. The minimum atomic E-state index is -1.17. The van der Waals surface area contributed by atoms with E-state index in [2.05, 4.69) is 23.5 Å². The number of aliphatic hydroxyl groups is 1. The Hall–Kier alpha value is -3.57. The molecule has 3 fully saturated rings. The molecule has 2 bridgehead atoms. The van der Waals surface area contributed by atoms with Crippen LogP contribution in [0.1, 0.15) is 39.0 Å². The quantitative estimate of drug-likeness (QED) is 0.228. The number of aliphatic hydroxyl groups excluding tert-OH is 1. The Morgan fingerprint density at radius 2 is 2.08 bits per heavy atom. The van der Waals surface area contributed by atoms with Gasteiger partial charge < -0.3 is 24.4 Å². The molecule has 2 unspecified atom stereocenters. The Labute approximate surface area is 233 Å². The normalized spacial score (nSPS) is 28.6. The lowest BCUT2D eigenvalue weighted by Gasteiger charge is -2.36. The molecule has 3 saturated heterocycles. The van der Waals surface area contributed by atoms with Crippen LogP contribution in [0.3, 0.4) is 0 Å². The minimum Gasteiger partial charge on any atom is -0.465 e. The van der Waals surface area contributed by atoms with Gasteiger partial charge in [-0.25, -0.2) is 4.68 Å². The number of esters is 1. The number of benzene rings is 1. The number of nitrogens with zero attached hydrogens (tertiary/aromatic N) is 5. The predicted octanol–water partition coefficient (Wildman–Crippen LogP) is 2.06. The lowest BCUT2D eigenvalue weighted by molar-refractivity contribution is -0.162. The van der Waals surface area contributed by atoms with Crippen molar-refractivity contribution >= 4 is 28.8 Å². The van der Waals surface area contributed by atoms with Crippen molar-refractivity contribution in [2.45, 2.75) is 62.9 Å². The first-order valence-corrected chi connectivity index (χ1v) is 13.9. The molecule has 4 heterocycles. The zero-order valence-electron chi connectivity index (χ0n) is 22.9. The van der Waals surface area contributed by atoms with Gasteiger partial charge in [0.15, 0.2) is 0 Å². The molecule has 0 aliphatic carbocycles. The molecule has 214 valence electrons. The molecule has 1 aromatic heterocycles. The second kappa shape index (κ2) is 11.1. The lowest BCUT2D eigenvalue weighted by atomic mass is 9.65. The third kappa shape index (κ3) is 4.32. The Balaban J connectivity index is 1.52. The lowest BCUT2D eigenvalue weighted by Crippen LogP contribution is -2.56. The average molecular weight is 552 g/mol. The van der Waals surface area contributed by atoms with Gasteiger partial charge in [0, 0.05) is 19.7 Å². The van der Waals surface area contributed by atoms with Gasteiger partial charge in [-0.1, -0.05) is 36.4 Å². The number of carbonyl (C=O) groups is 3. The summed E-state index contributed by atoms with van der Waals surface area (Å²) >= 11 is 0. The Bertz CT molecular complexity index is 1310. The van der Waals surface area contributed by atoms with Crippen molar-refractivity contribution in [2.24, 2.45) is 11.8 Å². The molecule has 5 rings (SSSR count). The monoisotopic (exact) mass is 551 g/mol. The van der Waals surface area contributed by atoms with Crippen molar-refractivity contribution in [1.82, 2.24) is 24.8 Å². The highest BCUT2D eigenvalue weighted by molar-refractivity contribution is 5.98. The molecule has 1 aromatic carbocycles. The van der Waals surface area contributed by atoms with Gasteiger partial charge in [-0.2, -0.15) is 0 Å². The van der Waals surface area contributed by atoms with E-state index in [9.17, 15) is 19.5 Å². The summed E-state index contributed by atoms with van der Waals surface area (Å²) in [7, 11) is 0. The molecule has 40 heavy (non-hydrogen) atoms. The van der Waals surface area contributed by atoms with Crippen LogP contribution in [0.25, 0.3) is 11.0 Å². The van der Waals surface area contributed by atoms with E-state index >= 15 is 0 Å². The van der Waals surface area contributed by atoms with Crippen molar-refractivity contribution in [3.05, 3.63) is 49.6 Å². The predicted molar refractivity (Wildman–Crippen MR) is 145 cm³/mol. The Morgan fingerprint density at radius 1 is 1.27 bits per heavy atom.